The Morgan fingerprint density at radius 1 is 1.03 bits per heavy atom. The number of urea groups is 1. The highest BCUT2D eigenvalue weighted by molar-refractivity contribution is 6.30. The second-order valence-electron chi connectivity index (χ2n) is 8.48. The van der Waals surface area contributed by atoms with Gasteiger partial charge in [-0.25, -0.2) is 4.79 Å². The number of fused-ring (bicyclic) bond motifs is 1. The summed E-state index contributed by atoms with van der Waals surface area (Å²) in [4.78, 5) is 40.1. The van der Waals surface area contributed by atoms with E-state index in [0.717, 1.165) is 16.0 Å². The van der Waals surface area contributed by atoms with Gasteiger partial charge in [0.25, 0.3) is 5.91 Å². The van der Waals surface area contributed by atoms with Crippen molar-refractivity contribution in [1.29, 1.82) is 0 Å². The molecule has 2 N–H and O–H groups in total. The van der Waals surface area contributed by atoms with E-state index >= 15 is 0 Å². The molecule has 0 spiro atoms. The molecule has 0 unspecified atom stereocenters. The zero-order valence-corrected chi connectivity index (χ0v) is 19.5. The number of benzene rings is 3. The van der Waals surface area contributed by atoms with Crippen molar-refractivity contribution >= 4 is 29.4 Å². The third kappa shape index (κ3) is 4.28. The van der Waals surface area contributed by atoms with Gasteiger partial charge in [-0.2, -0.15) is 0 Å². The third-order valence-electron chi connectivity index (χ3n) is 6.17. The molecule has 8 nitrogen and oxygen atoms in total. The highest BCUT2D eigenvalue weighted by Crippen LogP contribution is 2.37. The lowest BCUT2D eigenvalue weighted by atomic mass is 9.91. The summed E-state index contributed by atoms with van der Waals surface area (Å²) >= 11 is 6.03. The fourth-order valence-corrected chi connectivity index (χ4v) is 4.38. The van der Waals surface area contributed by atoms with Crippen molar-refractivity contribution in [2.45, 2.75) is 18.5 Å². The van der Waals surface area contributed by atoms with E-state index in [2.05, 4.69) is 10.6 Å². The van der Waals surface area contributed by atoms with Crippen molar-refractivity contribution in [2.24, 2.45) is 0 Å². The number of ether oxygens (including phenoxy) is 2. The van der Waals surface area contributed by atoms with E-state index in [4.69, 9.17) is 21.1 Å². The van der Waals surface area contributed by atoms with Crippen molar-refractivity contribution in [3.63, 3.8) is 0 Å². The number of hydrogen-bond acceptors (Lipinski definition) is 5. The molecule has 2 aliphatic heterocycles. The molecule has 2 atom stereocenters. The van der Waals surface area contributed by atoms with Crippen molar-refractivity contribution in [1.82, 2.24) is 15.5 Å². The van der Waals surface area contributed by atoms with Crippen LogP contribution in [0.3, 0.4) is 0 Å². The van der Waals surface area contributed by atoms with Crippen LogP contribution in [0.4, 0.5) is 4.79 Å². The van der Waals surface area contributed by atoms with Gasteiger partial charge in [-0.15, -0.1) is 0 Å². The normalized spacial score (nSPS) is 19.4. The number of halogens is 1. The number of imide groups is 1. The second-order valence-corrected chi connectivity index (χ2v) is 8.91. The topological polar surface area (TPSA) is 97.0 Å². The molecular weight excluding hydrogens is 470 g/mol. The Kier molecular flexibility index (Phi) is 5.82. The zero-order chi connectivity index (χ0) is 24.6. The maximum atomic E-state index is 13.3. The molecule has 1 saturated heterocycles. The van der Waals surface area contributed by atoms with Crippen LogP contribution in [0.15, 0.2) is 72.8 Å². The fraction of sp³-hybridized carbons (Fsp3) is 0.192. The molecule has 0 aliphatic carbocycles. The van der Waals surface area contributed by atoms with Gasteiger partial charge in [0.05, 0.1) is 6.04 Å². The molecule has 2 heterocycles. The zero-order valence-electron chi connectivity index (χ0n) is 18.8. The Bertz CT molecular complexity index is 1300. The monoisotopic (exact) mass is 491 g/mol. The standard InChI is InChI=1S/C26H22ClN3O5/c1-26(18-9-12-20-21(13-18)35-15-34-20)24(32)30(25(33)29-26)14-22(31)28-23(16-5-3-2-4-6-16)17-7-10-19(27)11-8-17/h2-13,23H,14-15H2,1H3,(H,28,31)(H,29,33)/t23-,26-/m1/s1. The average Bonchev–Trinajstić information content (AvgIpc) is 3.42. The van der Waals surface area contributed by atoms with Crippen LogP contribution >= 0.6 is 11.6 Å². The Morgan fingerprint density at radius 3 is 2.46 bits per heavy atom. The molecule has 1 fully saturated rings. The minimum atomic E-state index is -1.34. The number of nitrogens with one attached hydrogen (secondary N) is 2. The van der Waals surface area contributed by atoms with Gasteiger partial charge in [0.2, 0.25) is 12.7 Å². The van der Waals surface area contributed by atoms with Crippen LogP contribution in [0.1, 0.15) is 29.7 Å². The lowest BCUT2D eigenvalue weighted by Gasteiger charge is -2.23. The number of hydrogen-bond donors (Lipinski definition) is 2. The van der Waals surface area contributed by atoms with Gasteiger partial charge in [0.15, 0.2) is 11.5 Å². The summed E-state index contributed by atoms with van der Waals surface area (Å²) in [6.45, 7) is 1.27. The molecule has 3 aromatic carbocycles. The van der Waals surface area contributed by atoms with Crippen molar-refractivity contribution in [2.75, 3.05) is 13.3 Å². The summed E-state index contributed by atoms with van der Waals surface area (Å²) in [7, 11) is 0. The Morgan fingerprint density at radius 2 is 1.71 bits per heavy atom. The van der Waals surface area contributed by atoms with E-state index in [-0.39, 0.29) is 6.79 Å². The summed E-state index contributed by atoms with van der Waals surface area (Å²) in [5.74, 6) is 0.0571. The minimum Gasteiger partial charge on any atom is -0.454 e. The smallest absolute Gasteiger partial charge is 0.325 e. The molecule has 178 valence electrons. The van der Waals surface area contributed by atoms with Gasteiger partial charge in [0.1, 0.15) is 12.1 Å². The van der Waals surface area contributed by atoms with Gasteiger partial charge >= 0.3 is 6.03 Å². The van der Waals surface area contributed by atoms with Gasteiger partial charge in [-0.1, -0.05) is 60.1 Å². The maximum absolute atomic E-state index is 13.3. The van der Waals surface area contributed by atoms with Crippen molar-refractivity contribution < 1.29 is 23.9 Å². The van der Waals surface area contributed by atoms with Gasteiger partial charge in [0, 0.05) is 5.02 Å². The molecule has 4 amide bonds. The molecule has 0 radical (unpaired) electrons. The Hall–Kier alpha value is -4.04. The van der Waals surface area contributed by atoms with E-state index in [1.54, 1.807) is 37.3 Å². The lowest BCUT2D eigenvalue weighted by Crippen LogP contribution is -2.44. The number of amides is 4. The Balaban J connectivity index is 1.35. The van der Waals surface area contributed by atoms with Gasteiger partial charge in [-0.3, -0.25) is 14.5 Å². The first-order valence-corrected chi connectivity index (χ1v) is 11.4. The summed E-state index contributed by atoms with van der Waals surface area (Å²) in [6, 6.07) is 20.5. The summed E-state index contributed by atoms with van der Waals surface area (Å²) < 4.78 is 10.7. The molecule has 5 rings (SSSR count). The predicted octanol–water partition coefficient (Wildman–Crippen LogP) is 3.74. The fourth-order valence-electron chi connectivity index (χ4n) is 4.25. The summed E-state index contributed by atoms with van der Waals surface area (Å²) in [6.07, 6.45) is 0. The molecule has 35 heavy (non-hydrogen) atoms. The highest BCUT2D eigenvalue weighted by atomic mass is 35.5. The predicted molar refractivity (Wildman–Crippen MR) is 128 cm³/mol. The number of nitrogens with zero attached hydrogens (tertiary/aromatic N) is 1. The van der Waals surface area contributed by atoms with Crippen LogP contribution in [0, 0.1) is 0 Å². The first kappa shape index (κ1) is 22.7. The number of carbonyl (C=O) groups excluding carboxylic acids is 3. The van der Waals surface area contributed by atoms with E-state index in [0.29, 0.717) is 22.1 Å². The van der Waals surface area contributed by atoms with Crippen LogP contribution in [-0.4, -0.2) is 36.1 Å². The quantitative estimate of drug-likeness (QED) is 0.512. The molecule has 2 aliphatic rings. The van der Waals surface area contributed by atoms with Crippen LogP contribution in [0.5, 0.6) is 11.5 Å². The van der Waals surface area contributed by atoms with Gasteiger partial charge in [-0.05, 0) is 47.9 Å². The van der Waals surface area contributed by atoms with E-state index < -0.39 is 36.0 Å². The molecule has 0 bridgehead atoms. The van der Waals surface area contributed by atoms with Crippen molar-refractivity contribution in [3.05, 3.63) is 94.5 Å². The van der Waals surface area contributed by atoms with Crippen LogP contribution < -0.4 is 20.1 Å². The van der Waals surface area contributed by atoms with Crippen LogP contribution in [0.25, 0.3) is 0 Å². The van der Waals surface area contributed by atoms with E-state index in [1.807, 2.05) is 42.5 Å². The van der Waals surface area contributed by atoms with Crippen LogP contribution in [0.2, 0.25) is 5.02 Å². The summed E-state index contributed by atoms with van der Waals surface area (Å²) in [5.41, 5.74) is 0.862. The first-order valence-electron chi connectivity index (χ1n) is 11.0. The maximum Gasteiger partial charge on any atom is 0.325 e. The molecule has 9 heteroatoms. The molecule has 0 aromatic heterocycles. The number of carbonyl (C=O) groups is 3. The van der Waals surface area contributed by atoms with Crippen molar-refractivity contribution in [3.8, 4) is 11.5 Å². The Labute approximate surface area is 206 Å². The SMILES string of the molecule is C[C@]1(c2ccc3c(c2)OCO3)NC(=O)N(CC(=O)N[C@H](c2ccccc2)c2ccc(Cl)cc2)C1=O. The van der Waals surface area contributed by atoms with Crippen LogP contribution in [-0.2, 0) is 15.1 Å². The summed E-state index contributed by atoms with van der Waals surface area (Å²) in [5, 5.41) is 6.24. The molecule has 0 saturated carbocycles. The van der Waals surface area contributed by atoms with Gasteiger partial charge < -0.3 is 20.1 Å². The molecular formula is C26H22ClN3O5. The largest absolute Gasteiger partial charge is 0.454 e. The molecule has 3 aromatic rings. The minimum absolute atomic E-state index is 0.0955. The van der Waals surface area contributed by atoms with E-state index in [9.17, 15) is 14.4 Å². The highest BCUT2D eigenvalue weighted by Gasteiger charge is 2.50. The first-order chi connectivity index (χ1) is 16.8. The number of rotatable bonds is 6. The van der Waals surface area contributed by atoms with E-state index in [1.165, 1.54) is 0 Å². The lowest BCUT2D eigenvalue weighted by molar-refractivity contribution is -0.135. The average molecular weight is 492 g/mol. The second kappa shape index (κ2) is 8.96. The third-order valence-corrected chi connectivity index (χ3v) is 6.42.